The van der Waals surface area contributed by atoms with Crippen molar-refractivity contribution in [3.05, 3.63) is 65.5 Å². The van der Waals surface area contributed by atoms with Crippen molar-refractivity contribution in [2.75, 3.05) is 26.3 Å². The molecular formula is C20H26N4O2. The summed E-state index contributed by atoms with van der Waals surface area (Å²) in [5, 5.41) is 5.93. The highest BCUT2D eigenvalue weighted by Crippen LogP contribution is 2.13. The normalized spacial score (nSPS) is 16.0. The van der Waals surface area contributed by atoms with E-state index in [1.54, 1.807) is 12.4 Å². The van der Waals surface area contributed by atoms with Crippen LogP contribution in [-0.2, 0) is 17.8 Å². The predicted molar refractivity (Wildman–Crippen MR) is 101 cm³/mol. The molecule has 0 aliphatic carbocycles. The number of aromatic nitrogens is 1. The molecule has 1 fully saturated rings. The van der Waals surface area contributed by atoms with E-state index in [4.69, 9.17) is 4.74 Å². The Morgan fingerprint density at radius 1 is 1.15 bits per heavy atom. The van der Waals surface area contributed by atoms with Crippen molar-refractivity contribution < 1.29 is 9.53 Å². The number of benzene rings is 1. The second-order valence-electron chi connectivity index (χ2n) is 6.49. The Balaban J connectivity index is 1.53. The van der Waals surface area contributed by atoms with E-state index in [-0.39, 0.29) is 12.1 Å². The lowest BCUT2D eigenvalue weighted by molar-refractivity contribution is 0.0341. The summed E-state index contributed by atoms with van der Waals surface area (Å²) in [6.07, 6.45) is 3.46. The molecule has 1 saturated heterocycles. The zero-order valence-corrected chi connectivity index (χ0v) is 15.1. The Morgan fingerprint density at radius 2 is 1.85 bits per heavy atom. The van der Waals surface area contributed by atoms with Crippen molar-refractivity contribution in [1.82, 2.24) is 20.5 Å². The van der Waals surface area contributed by atoms with Crippen LogP contribution in [0.1, 0.15) is 29.7 Å². The summed E-state index contributed by atoms with van der Waals surface area (Å²) in [5.74, 6) is 0. The molecular weight excluding hydrogens is 328 g/mol. The van der Waals surface area contributed by atoms with E-state index in [1.165, 1.54) is 5.56 Å². The number of morpholine rings is 1. The molecule has 0 bridgehead atoms. The van der Waals surface area contributed by atoms with Crippen LogP contribution in [0.15, 0.2) is 48.8 Å². The Labute approximate surface area is 154 Å². The second-order valence-corrected chi connectivity index (χ2v) is 6.49. The third kappa shape index (κ3) is 5.28. The lowest BCUT2D eigenvalue weighted by Gasteiger charge is -2.27. The lowest BCUT2D eigenvalue weighted by atomic mass is 10.1. The molecule has 1 aliphatic heterocycles. The van der Waals surface area contributed by atoms with Gasteiger partial charge in [0.15, 0.2) is 0 Å². The molecule has 3 rings (SSSR count). The fourth-order valence-electron chi connectivity index (χ4n) is 3.04. The molecule has 26 heavy (non-hydrogen) atoms. The number of nitrogens with zero attached hydrogens (tertiary/aromatic N) is 2. The zero-order valence-electron chi connectivity index (χ0n) is 15.1. The minimum Gasteiger partial charge on any atom is -0.379 e. The molecule has 1 aromatic carbocycles. The topological polar surface area (TPSA) is 66.5 Å². The molecule has 1 atom stereocenters. The summed E-state index contributed by atoms with van der Waals surface area (Å²) in [4.78, 5) is 18.6. The number of rotatable bonds is 6. The van der Waals surface area contributed by atoms with Crippen molar-refractivity contribution in [3.8, 4) is 0 Å². The van der Waals surface area contributed by atoms with Gasteiger partial charge in [-0.2, -0.15) is 0 Å². The van der Waals surface area contributed by atoms with E-state index >= 15 is 0 Å². The first kappa shape index (κ1) is 18.4. The van der Waals surface area contributed by atoms with Gasteiger partial charge >= 0.3 is 6.03 Å². The van der Waals surface area contributed by atoms with Crippen LogP contribution < -0.4 is 10.6 Å². The molecule has 2 N–H and O–H groups in total. The van der Waals surface area contributed by atoms with Crippen LogP contribution in [0.3, 0.4) is 0 Å². The van der Waals surface area contributed by atoms with Gasteiger partial charge in [0.2, 0.25) is 0 Å². The van der Waals surface area contributed by atoms with Crippen LogP contribution in [-0.4, -0.2) is 42.2 Å². The van der Waals surface area contributed by atoms with Gasteiger partial charge in [-0.25, -0.2) is 4.79 Å². The number of ether oxygens (including phenoxy) is 1. The van der Waals surface area contributed by atoms with Crippen LogP contribution in [0, 0.1) is 0 Å². The van der Waals surface area contributed by atoms with Gasteiger partial charge in [0.1, 0.15) is 0 Å². The molecule has 6 heteroatoms. The van der Waals surface area contributed by atoms with Gasteiger partial charge in [-0.1, -0.05) is 24.3 Å². The van der Waals surface area contributed by atoms with Crippen LogP contribution in [0.2, 0.25) is 0 Å². The molecule has 0 spiro atoms. The third-order valence-corrected chi connectivity index (χ3v) is 4.61. The first-order valence-electron chi connectivity index (χ1n) is 9.03. The Morgan fingerprint density at radius 3 is 2.58 bits per heavy atom. The van der Waals surface area contributed by atoms with Gasteiger partial charge in [0.25, 0.3) is 0 Å². The van der Waals surface area contributed by atoms with Crippen LogP contribution in [0.25, 0.3) is 0 Å². The van der Waals surface area contributed by atoms with Crippen molar-refractivity contribution in [2.24, 2.45) is 0 Å². The number of hydrogen-bond acceptors (Lipinski definition) is 4. The molecule has 2 heterocycles. The molecule has 2 amide bonds. The Bertz CT molecular complexity index is 702. The van der Waals surface area contributed by atoms with Gasteiger partial charge in [0, 0.05) is 38.6 Å². The SMILES string of the molecule is CC(NC(=O)NCc1ccccc1CN1CCOCC1)c1ccncc1. The Hall–Kier alpha value is -2.44. The van der Waals surface area contributed by atoms with E-state index < -0.39 is 0 Å². The highest BCUT2D eigenvalue weighted by Gasteiger charge is 2.13. The monoisotopic (exact) mass is 354 g/mol. The number of nitrogens with one attached hydrogen (secondary N) is 2. The quantitative estimate of drug-likeness (QED) is 0.836. The number of pyridine rings is 1. The van der Waals surface area contributed by atoms with Gasteiger partial charge in [-0.05, 0) is 35.7 Å². The minimum atomic E-state index is -0.171. The van der Waals surface area contributed by atoms with Gasteiger partial charge in [-0.15, -0.1) is 0 Å². The van der Waals surface area contributed by atoms with Crippen LogP contribution in [0.4, 0.5) is 4.79 Å². The summed E-state index contributed by atoms with van der Waals surface area (Å²) >= 11 is 0. The van der Waals surface area contributed by atoms with Crippen LogP contribution >= 0.6 is 0 Å². The highest BCUT2D eigenvalue weighted by molar-refractivity contribution is 5.74. The molecule has 0 saturated carbocycles. The fraction of sp³-hybridized carbons (Fsp3) is 0.400. The van der Waals surface area contributed by atoms with E-state index in [9.17, 15) is 4.79 Å². The Kier molecular flexibility index (Phi) is 6.57. The predicted octanol–water partition coefficient (Wildman–Crippen LogP) is 2.47. The largest absolute Gasteiger partial charge is 0.379 e. The van der Waals surface area contributed by atoms with E-state index in [0.717, 1.165) is 44.0 Å². The third-order valence-electron chi connectivity index (χ3n) is 4.61. The summed E-state index contributed by atoms with van der Waals surface area (Å²) in [6.45, 7) is 6.83. The number of carbonyl (C=O) groups is 1. The fourth-order valence-corrected chi connectivity index (χ4v) is 3.04. The van der Waals surface area contributed by atoms with E-state index in [0.29, 0.717) is 6.54 Å². The summed E-state index contributed by atoms with van der Waals surface area (Å²) in [5.41, 5.74) is 3.42. The maximum absolute atomic E-state index is 12.2. The standard InChI is InChI=1S/C20H26N4O2/c1-16(17-6-8-21-9-7-17)23-20(25)22-14-18-4-2-3-5-19(18)15-24-10-12-26-13-11-24/h2-9,16H,10-15H2,1H3,(H2,22,23,25). The van der Waals surface area contributed by atoms with Crippen molar-refractivity contribution >= 4 is 6.03 Å². The molecule has 1 unspecified atom stereocenters. The number of urea groups is 1. The van der Waals surface area contributed by atoms with E-state index in [1.807, 2.05) is 31.2 Å². The number of hydrogen-bond donors (Lipinski definition) is 2. The van der Waals surface area contributed by atoms with Crippen molar-refractivity contribution in [1.29, 1.82) is 0 Å². The average Bonchev–Trinajstić information content (AvgIpc) is 2.69. The smallest absolute Gasteiger partial charge is 0.315 e. The molecule has 6 nitrogen and oxygen atoms in total. The van der Waals surface area contributed by atoms with Gasteiger partial charge in [0.05, 0.1) is 19.3 Å². The van der Waals surface area contributed by atoms with Crippen molar-refractivity contribution in [2.45, 2.75) is 26.1 Å². The molecule has 2 aromatic rings. The maximum atomic E-state index is 12.2. The molecule has 1 aromatic heterocycles. The summed E-state index contributed by atoms with van der Waals surface area (Å²) in [7, 11) is 0. The van der Waals surface area contributed by atoms with Crippen molar-refractivity contribution in [3.63, 3.8) is 0 Å². The van der Waals surface area contributed by atoms with Gasteiger partial charge in [-0.3, -0.25) is 9.88 Å². The number of amides is 2. The van der Waals surface area contributed by atoms with E-state index in [2.05, 4.69) is 32.7 Å². The molecule has 0 radical (unpaired) electrons. The zero-order chi connectivity index (χ0) is 18.2. The van der Waals surface area contributed by atoms with Crippen LogP contribution in [0.5, 0.6) is 0 Å². The summed E-state index contributed by atoms with van der Waals surface area (Å²) < 4.78 is 5.41. The maximum Gasteiger partial charge on any atom is 0.315 e. The first-order chi connectivity index (χ1) is 12.7. The minimum absolute atomic E-state index is 0.0680. The molecule has 138 valence electrons. The number of carbonyl (C=O) groups excluding carboxylic acids is 1. The highest BCUT2D eigenvalue weighted by atomic mass is 16.5. The summed E-state index contributed by atoms with van der Waals surface area (Å²) in [6, 6.07) is 11.8. The first-order valence-corrected chi connectivity index (χ1v) is 9.03. The second kappa shape index (κ2) is 9.31. The van der Waals surface area contributed by atoms with Gasteiger partial charge < -0.3 is 15.4 Å². The average molecular weight is 354 g/mol. The lowest BCUT2D eigenvalue weighted by Crippen LogP contribution is -2.37. The molecule has 1 aliphatic rings.